The maximum atomic E-state index is 12.5. The number of amides is 2. The standard InChI is InChI=1S/C20H21N3O3/c1-13-17(16-8-3-4-9-18(16)22-13)11-19(24)23-14-6-5-7-15(10-14)26-12-20(25)21-2/h3-10,22H,11-12H2,1-2H3,(H,21,25)(H,23,24). The summed E-state index contributed by atoms with van der Waals surface area (Å²) in [6.45, 7) is 1.90. The van der Waals surface area contributed by atoms with Crippen LogP contribution in [0.2, 0.25) is 0 Å². The molecule has 2 aromatic carbocycles. The Kier molecular flexibility index (Phi) is 5.22. The van der Waals surface area contributed by atoms with E-state index in [1.807, 2.05) is 31.2 Å². The fourth-order valence-corrected chi connectivity index (χ4v) is 2.81. The van der Waals surface area contributed by atoms with Crippen molar-refractivity contribution >= 4 is 28.4 Å². The highest BCUT2D eigenvalue weighted by molar-refractivity contribution is 5.96. The molecule has 134 valence electrons. The Bertz CT molecular complexity index is 946. The minimum absolute atomic E-state index is 0.0670. The molecule has 0 radical (unpaired) electrons. The zero-order chi connectivity index (χ0) is 18.5. The Labute approximate surface area is 151 Å². The summed E-state index contributed by atoms with van der Waals surface area (Å²) < 4.78 is 5.40. The molecule has 6 heteroatoms. The summed E-state index contributed by atoms with van der Waals surface area (Å²) in [5.41, 5.74) is 3.63. The number of likely N-dealkylation sites (N-methyl/N-ethyl adjacent to an activating group) is 1. The van der Waals surface area contributed by atoms with Crippen molar-refractivity contribution in [2.24, 2.45) is 0 Å². The van der Waals surface area contributed by atoms with E-state index >= 15 is 0 Å². The van der Waals surface area contributed by atoms with Crippen molar-refractivity contribution in [3.8, 4) is 5.75 Å². The summed E-state index contributed by atoms with van der Waals surface area (Å²) in [4.78, 5) is 27.0. The van der Waals surface area contributed by atoms with Crippen molar-refractivity contribution in [1.29, 1.82) is 0 Å². The van der Waals surface area contributed by atoms with E-state index in [0.29, 0.717) is 11.4 Å². The minimum Gasteiger partial charge on any atom is -0.484 e. The van der Waals surface area contributed by atoms with Crippen molar-refractivity contribution in [3.05, 3.63) is 59.8 Å². The Hall–Kier alpha value is -3.28. The zero-order valence-corrected chi connectivity index (χ0v) is 14.8. The van der Waals surface area contributed by atoms with E-state index in [1.165, 1.54) is 0 Å². The number of anilines is 1. The number of carbonyl (C=O) groups excluding carboxylic acids is 2. The quantitative estimate of drug-likeness (QED) is 0.638. The van der Waals surface area contributed by atoms with Crippen LogP contribution in [0.1, 0.15) is 11.3 Å². The Morgan fingerprint density at radius 3 is 2.69 bits per heavy atom. The van der Waals surface area contributed by atoms with E-state index in [0.717, 1.165) is 22.2 Å². The van der Waals surface area contributed by atoms with Crippen LogP contribution in [0.15, 0.2) is 48.5 Å². The van der Waals surface area contributed by atoms with Crippen molar-refractivity contribution in [1.82, 2.24) is 10.3 Å². The lowest BCUT2D eigenvalue weighted by Crippen LogP contribution is -2.24. The summed E-state index contributed by atoms with van der Waals surface area (Å²) in [5, 5.41) is 6.43. The van der Waals surface area contributed by atoms with Gasteiger partial charge in [0.15, 0.2) is 6.61 Å². The molecule has 0 saturated heterocycles. The molecule has 1 heterocycles. The van der Waals surface area contributed by atoms with Crippen LogP contribution >= 0.6 is 0 Å². The highest BCUT2D eigenvalue weighted by Crippen LogP contribution is 2.23. The number of carbonyl (C=O) groups is 2. The normalized spacial score (nSPS) is 10.5. The molecule has 0 unspecified atom stereocenters. The first-order chi connectivity index (χ1) is 12.6. The van der Waals surface area contributed by atoms with E-state index < -0.39 is 0 Å². The van der Waals surface area contributed by atoms with E-state index in [1.54, 1.807) is 31.3 Å². The summed E-state index contributed by atoms with van der Waals surface area (Å²) in [6, 6.07) is 14.9. The average Bonchev–Trinajstić information content (AvgIpc) is 2.95. The predicted molar refractivity (Wildman–Crippen MR) is 101 cm³/mol. The van der Waals surface area contributed by atoms with Crippen LogP contribution in [0.5, 0.6) is 5.75 Å². The Balaban J connectivity index is 1.68. The predicted octanol–water partition coefficient (Wildman–Crippen LogP) is 2.78. The largest absolute Gasteiger partial charge is 0.484 e. The molecular formula is C20H21N3O3. The molecule has 3 N–H and O–H groups in total. The van der Waals surface area contributed by atoms with Gasteiger partial charge in [0, 0.05) is 35.4 Å². The van der Waals surface area contributed by atoms with Gasteiger partial charge in [-0.05, 0) is 30.7 Å². The second-order valence-electron chi connectivity index (χ2n) is 5.99. The molecule has 0 atom stereocenters. The third-order valence-corrected chi connectivity index (χ3v) is 4.13. The van der Waals surface area contributed by atoms with Crippen LogP contribution in [-0.2, 0) is 16.0 Å². The lowest BCUT2D eigenvalue weighted by atomic mass is 10.1. The van der Waals surface area contributed by atoms with Crippen molar-refractivity contribution in [2.75, 3.05) is 19.0 Å². The number of rotatable bonds is 6. The molecule has 3 aromatic rings. The second-order valence-corrected chi connectivity index (χ2v) is 5.99. The number of H-pyrrole nitrogens is 1. The summed E-state index contributed by atoms with van der Waals surface area (Å²) >= 11 is 0. The van der Waals surface area contributed by atoms with Gasteiger partial charge in [-0.15, -0.1) is 0 Å². The van der Waals surface area contributed by atoms with Gasteiger partial charge in [-0.1, -0.05) is 24.3 Å². The van der Waals surface area contributed by atoms with E-state index in [2.05, 4.69) is 15.6 Å². The lowest BCUT2D eigenvalue weighted by molar-refractivity contribution is -0.122. The number of ether oxygens (including phenoxy) is 1. The van der Waals surface area contributed by atoms with E-state index in [4.69, 9.17) is 4.74 Å². The monoisotopic (exact) mass is 351 g/mol. The molecule has 6 nitrogen and oxygen atoms in total. The first-order valence-electron chi connectivity index (χ1n) is 8.36. The van der Waals surface area contributed by atoms with Gasteiger partial charge in [0.1, 0.15) is 5.75 Å². The first-order valence-corrected chi connectivity index (χ1v) is 8.36. The number of hydrogen-bond acceptors (Lipinski definition) is 3. The fourth-order valence-electron chi connectivity index (χ4n) is 2.81. The molecule has 2 amide bonds. The third-order valence-electron chi connectivity index (χ3n) is 4.13. The van der Waals surface area contributed by atoms with Gasteiger partial charge in [0.05, 0.1) is 6.42 Å². The van der Waals surface area contributed by atoms with Crippen LogP contribution in [0.3, 0.4) is 0 Å². The van der Waals surface area contributed by atoms with Crippen LogP contribution in [0.25, 0.3) is 10.9 Å². The van der Waals surface area contributed by atoms with Gasteiger partial charge in [0.25, 0.3) is 5.91 Å². The SMILES string of the molecule is CNC(=O)COc1cccc(NC(=O)Cc2c(C)[nH]c3ccccc23)c1. The van der Waals surface area contributed by atoms with Crippen LogP contribution < -0.4 is 15.4 Å². The number of hydrogen-bond donors (Lipinski definition) is 3. The smallest absolute Gasteiger partial charge is 0.257 e. The topological polar surface area (TPSA) is 83.2 Å². The molecule has 3 rings (SSSR count). The number of nitrogens with one attached hydrogen (secondary N) is 3. The Morgan fingerprint density at radius 2 is 1.88 bits per heavy atom. The maximum absolute atomic E-state index is 12.5. The van der Waals surface area contributed by atoms with Crippen LogP contribution in [-0.4, -0.2) is 30.5 Å². The van der Waals surface area contributed by atoms with Crippen molar-refractivity contribution < 1.29 is 14.3 Å². The van der Waals surface area contributed by atoms with Gasteiger partial charge in [-0.3, -0.25) is 9.59 Å². The number of aryl methyl sites for hydroxylation is 1. The molecule has 0 bridgehead atoms. The molecule has 0 aliphatic carbocycles. The molecule has 0 aliphatic heterocycles. The molecular weight excluding hydrogens is 330 g/mol. The van der Waals surface area contributed by atoms with Crippen LogP contribution in [0.4, 0.5) is 5.69 Å². The molecule has 26 heavy (non-hydrogen) atoms. The minimum atomic E-state index is -0.214. The molecule has 1 aromatic heterocycles. The lowest BCUT2D eigenvalue weighted by Gasteiger charge is -2.09. The van der Waals surface area contributed by atoms with Crippen LogP contribution in [0, 0.1) is 6.92 Å². The number of benzene rings is 2. The summed E-state index contributed by atoms with van der Waals surface area (Å²) in [6.07, 6.45) is 0.277. The molecule has 0 saturated carbocycles. The maximum Gasteiger partial charge on any atom is 0.257 e. The highest BCUT2D eigenvalue weighted by Gasteiger charge is 2.12. The average molecular weight is 351 g/mol. The zero-order valence-electron chi connectivity index (χ0n) is 14.8. The van der Waals surface area contributed by atoms with E-state index in [-0.39, 0.29) is 24.8 Å². The summed E-state index contributed by atoms with van der Waals surface area (Å²) in [7, 11) is 1.55. The van der Waals surface area contributed by atoms with Gasteiger partial charge in [-0.2, -0.15) is 0 Å². The number of fused-ring (bicyclic) bond motifs is 1. The van der Waals surface area contributed by atoms with Crippen molar-refractivity contribution in [2.45, 2.75) is 13.3 Å². The van der Waals surface area contributed by atoms with E-state index in [9.17, 15) is 9.59 Å². The first kappa shape index (κ1) is 17.5. The molecule has 0 fully saturated rings. The Morgan fingerprint density at radius 1 is 1.08 bits per heavy atom. The summed E-state index contributed by atoms with van der Waals surface area (Å²) in [5.74, 6) is 0.199. The molecule has 0 spiro atoms. The van der Waals surface area contributed by atoms with Gasteiger partial charge < -0.3 is 20.4 Å². The fraction of sp³-hybridized carbons (Fsp3) is 0.200. The van der Waals surface area contributed by atoms with Gasteiger partial charge in [-0.25, -0.2) is 0 Å². The van der Waals surface area contributed by atoms with Gasteiger partial charge >= 0.3 is 0 Å². The molecule has 0 aliphatic rings. The van der Waals surface area contributed by atoms with Crippen molar-refractivity contribution in [3.63, 3.8) is 0 Å². The third kappa shape index (κ3) is 4.03. The number of para-hydroxylation sites is 1. The number of aromatic nitrogens is 1. The highest BCUT2D eigenvalue weighted by atomic mass is 16.5. The van der Waals surface area contributed by atoms with Gasteiger partial charge in [0.2, 0.25) is 5.91 Å². The second kappa shape index (κ2) is 7.74. The number of aromatic amines is 1.